The van der Waals surface area contributed by atoms with E-state index in [1.54, 1.807) is 7.05 Å². The molecule has 0 aliphatic carbocycles. The predicted octanol–water partition coefficient (Wildman–Crippen LogP) is 3.40. The molecule has 0 saturated carbocycles. The van der Waals surface area contributed by atoms with Crippen LogP contribution < -0.4 is 11.1 Å². The van der Waals surface area contributed by atoms with Crippen molar-refractivity contribution in [3.8, 4) is 0 Å². The van der Waals surface area contributed by atoms with Crippen molar-refractivity contribution in [1.82, 2.24) is 14.5 Å². The van der Waals surface area contributed by atoms with E-state index in [1.165, 1.54) is 9.36 Å². The molecule has 0 spiro atoms. The van der Waals surface area contributed by atoms with E-state index in [1.807, 2.05) is 60.7 Å². The zero-order valence-corrected chi connectivity index (χ0v) is 14.8. The molecule has 0 radical (unpaired) electrons. The summed E-state index contributed by atoms with van der Waals surface area (Å²) in [5.74, 6) is 0.547. The molecule has 0 atom stereocenters. The predicted molar refractivity (Wildman–Crippen MR) is 99.5 cm³/mol. The number of aromatic nitrogens is 3. The van der Waals surface area contributed by atoms with Gasteiger partial charge in [0.2, 0.25) is 0 Å². The second kappa shape index (κ2) is 5.79. The highest BCUT2D eigenvalue weighted by atomic mass is 35.5. The topological polar surface area (TPSA) is 51.9 Å². The number of hydrogen-bond acceptors (Lipinski definition) is 3. The quantitative estimate of drug-likeness (QED) is 0.749. The van der Waals surface area contributed by atoms with Gasteiger partial charge in [0, 0.05) is 17.1 Å². The molecule has 2 aromatic carbocycles. The van der Waals surface area contributed by atoms with E-state index >= 15 is 0 Å². The van der Waals surface area contributed by atoms with E-state index in [9.17, 15) is 4.79 Å². The first kappa shape index (κ1) is 16.0. The number of aryl methyl sites for hydroxylation is 1. The maximum atomic E-state index is 12.4. The number of benzene rings is 2. The molecule has 5 nitrogen and oxygen atoms in total. The molecule has 1 N–H and O–H groups in total. The van der Waals surface area contributed by atoms with Crippen LogP contribution in [0.2, 0.25) is 10.0 Å². The normalized spacial score (nSPS) is 14.8. The molecule has 4 rings (SSSR count). The lowest BCUT2D eigenvalue weighted by molar-refractivity contribution is 0.600. The fourth-order valence-corrected chi connectivity index (χ4v) is 3.28. The fourth-order valence-electron chi connectivity index (χ4n) is 3.02. The Labute approximate surface area is 154 Å². The Hall–Kier alpha value is -2.50. The Morgan fingerprint density at radius 1 is 0.960 bits per heavy atom. The molecule has 126 valence electrons. The molecule has 7 heteroatoms. The molecule has 2 heterocycles. The van der Waals surface area contributed by atoms with Gasteiger partial charge in [0.15, 0.2) is 5.82 Å². The average molecular weight is 373 g/mol. The minimum Gasteiger partial charge on any atom is -0.301 e. The summed E-state index contributed by atoms with van der Waals surface area (Å²) >= 11 is 12.1. The van der Waals surface area contributed by atoms with Crippen LogP contribution >= 0.6 is 23.2 Å². The van der Waals surface area contributed by atoms with Crippen LogP contribution in [0.3, 0.4) is 0 Å². The van der Waals surface area contributed by atoms with Crippen LogP contribution in [-0.2, 0) is 12.6 Å². The molecule has 1 aliphatic heterocycles. The summed E-state index contributed by atoms with van der Waals surface area (Å²) in [6.07, 6.45) is 3.82. The number of halogens is 2. The Balaban J connectivity index is 1.94. The maximum absolute atomic E-state index is 12.4. The molecule has 0 unspecified atom stereocenters. The Kier molecular flexibility index (Phi) is 3.71. The lowest BCUT2D eigenvalue weighted by atomic mass is 9.82. The number of hydrogen-bond donors (Lipinski definition) is 1. The van der Waals surface area contributed by atoms with Gasteiger partial charge in [-0.2, -0.15) is 4.68 Å². The van der Waals surface area contributed by atoms with E-state index in [4.69, 9.17) is 23.2 Å². The third-order valence-electron chi connectivity index (χ3n) is 4.32. The lowest BCUT2D eigenvalue weighted by Crippen LogP contribution is -2.46. The van der Waals surface area contributed by atoms with Crippen LogP contribution in [0.25, 0.3) is 6.08 Å². The van der Waals surface area contributed by atoms with Gasteiger partial charge in [0.05, 0.1) is 0 Å². The van der Waals surface area contributed by atoms with Crippen molar-refractivity contribution in [2.24, 2.45) is 7.05 Å². The first-order chi connectivity index (χ1) is 12.0. The fraction of sp³-hybridized carbons (Fsp3) is 0.111. The van der Waals surface area contributed by atoms with Gasteiger partial charge in [0.1, 0.15) is 5.54 Å². The Morgan fingerprint density at radius 2 is 1.48 bits per heavy atom. The number of fused-ring (bicyclic) bond motifs is 1. The van der Waals surface area contributed by atoms with E-state index in [-0.39, 0.29) is 5.69 Å². The van der Waals surface area contributed by atoms with Crippen molar-refractivity contribution < 1.29 is 0 Å². The summed E-state index contributed by atoms with van der Waals surface area (Å²) in [6, 6.07) is 15.0. The van der Waals surface area contributed by atoms with E-state index in [2.05, 4.69) is 10.5 Å². The first-order valence-electron chi connectivity index (χ1n) is 7.65. The molecule has 0 bridgehead atoms. The van der Waals surface area contributed by atoms with Crippen molar-refractivity contribution >= 4 is 29.3 Å². The Bertz CT molecular complexity index is 971. The molecule has 1 aromatic heterocycles. The summed E-state index contributed by atoms with van der Waals surface area (Å²) in [7, 11) is 1.62. The van der Waals surface area contributed by atoms with Crippen LogP contribution in [0.1, 0.15) is 17.0 Å². The van der Waals surface area contributed by atoms with E-state index in [0.717, 1.165) is 11.1 Å². The number of rotatable bonds is 2. The molecule has 0 fully saturated rings. The highest BCUT2D eigenvalue weighted by Gasteiger charge is 2.36. The maximum Gasteiger partial charge on any atom is 0.364 e. The van der Waals surface area contributed by atoms with Gasteiger partial charge in [0.25, 0.3) is 0 Å². The van der Waals surface area contributed by atoms with E-state index in [0.29, 0.717) is 15.9 Å². The largest absolute Gasteiger partial charge is 0.364 e. The molecule has 0 saturated heterocycles. The molecule has 1 aliphatic rings. The molecular formula is C18H14Cl2N4O. The van der Waals surface area contributed by atoms with Crippen molar-refractivity contribution in [3.05, 3.63) is 92.1 Å². The van der Waals surface area contributed by atoms with Gasteiger partial charge in [-0.25, -0.2) is 9.48 Å². The minimum atomic E-state index is -0.741. The van der Waals surface area contributed by atoms with Gasteiger partial charge in [-0.15, -0.1) is 5.10 Å². The van der Waals surface area contributed by atoms with Crippen molar-refractivity contribution in [2.75, 3.05) is 5.43 Å². The van der Waals surface area contributed by atoms with Gasteiger partial charge in [-0.1, -0.05) is 47.5 Å². The molecule has 0 amide bonds. The first-order valence-corrected chi connectivity index (χ1v) is 8.41. The third-order valence-corrected chi connectivity index (χ3v) is 4.82. The third kappa shape index (κ3) is 2.56. The Morgan fingerprint density at radius 3 is 2.00 bits per heavy atom. The van der Waals surface area contributed by atoms with Crippen molar-refractivity contribution in [3.63, 3.8) is 0 Å². The van der Waals surface area contributed by atoms with Gasteiger partial charge < -0.3 is 5.43 Å². The highest BCUT2D eigenvalue weighted by Crippen LogP contribution is 2.36. The number of nitrogens with one attached hydrogen (secondary N) is 1. The minimum absolute atomic E-state index is 0.244. The summed E-state index contributed by atoms with van der Waals surface area (Å²) in [5.41, 5.74) is 4.22. The summed E-state index contributed by atoms with van der Waals surface area (Å²) in [5, 5.41) is 5.50. The molecule has 25 heavy (non-hydrogen) atoms. The van der Waals surface area contributed by atoms with E-state index < -0.39 is 5.54 Å². The van der Waals surface area contributed by atoms with Crippen LogP contribution in [0.15, 0.2) is 59.4 Å². The van der Waals surface area contributed by atoms with Gasteiger partial charge >= 0.3 is 5.69 Å². The van der Waals surface area contributed by atoms with Crippen LogP contribution in [0, 0.1) is 0 Å². The highest BCUT2D eigenvalue weighted by molar-refractivity contribution is 6.30. The standard InChI is InChI=1S/C18H14Cl2N4O/c1-23-17(25)24-16(21-23)10-11-18(22-24,12-2-6-14(19)7-3-12)13-4-8-15(20)9-5-13/h2-11,22H,1H3. The van der Waals surface area contributed by atoms with Gasteiger partial charge in [-0.3, -0.25) is 0 Å². The van der Waals surface area contributed by atoms with Crippen molar-refractivity contribution in [1.29, 1.82) is 0 Å². The second-order valence-corrected chi connectivity index (χ2v) is 6.74. The summed E-state index contributed by atoms with van der Waals surface area (Å²) < 4.78 is 2.75. The zero-order valence-electron chi connectivity index (χ0n) is 13.3. The van der Waals surface area contributed by atoms with Gasteiger partial charge in [-0.05, 0) is 47.5 Å². The zero-order chi connectivity index (χ0) is 17.6. The lowest BCUT2D eigenvalue weighted by Gasteiger charge is -2.36. The summed E-state index contributed by atoms with van der Waals surface area (Å²) in [4.78, 5) is 12.4. The monoisotopic (exact) mass is 372 g/mol. The summed E-state index contributed by atoms with van der Waals surface area (Å²) in [6.45, 7) is 0. The number of nitrogens with zero attached hydrogens (tertiary/aromatic N) is 3. The molecular weight excluding hydrogens is 359 g/mol. The smallest absolute Gasteiger partial charge is 0.301 e. The average Bonchev–Trinajstić information content (AvgIpc) is 2.90. The van der Waals surface area contributed by atoms with Crippen LogP contribution in [0.4, 0.5) is 0 Å². The SMILES string of the molecule is Cn1nc2n(c1=O)NC(c1ccc(Cl)cc1)(c1ccc(Cl)cc1)C=C2. The van der Waals surface area contributed by atoms with Crippen LogP contribution in [0.5, 0.6) is 0 Å². The van der Waals surface area contributed by atoms with Crippen LogP contribution in [-0.4, -0.2) is 14.5 Å². The van der Waals surface area contributed by atoms with Crippen molar-refractivity contribution in [2.45, 2.75) is 5.54 Å². The second-order valence-electron chi connectivity index (χ2n) is 5.87. The molecule has 3 aromatic rings.